The van der Waals surface area contributed by atoms with Gasteiger partial charge in [-0.1, -0.05) is 20.7 Å². The molecule has 4 rings (SSSR count). The van der Waals surface area contributed by atoms with Crippen LogP contribution < -0.4 is 10.7 Å². The van der Waals surface area contributed by atoms with Crippen molar-refractivity contribution in [3.8, 4) is 11.4 Å². The van der Waals surface area contributed by atoms with Gasteiger partial charge in [0.1, 0.15) is 5.82 Å². The number of imidazole rings is 2. The van der Waals surface area contributed by atoms with Crippen LogP contribution in [-0.2, 0) is 13.1 Å². The molecule has 3 aromatic heterocycles. The molecule has 0 spiro atoms. The zero-order chi connectivity index (χ0) is 15.6. The van der Waals surface area contributed by atoms with Gasteiger partial charge in [-0.15, -0.1) is 0 Å². The maximum absolute atomic E-state index is 4.83. The maximum Gasteiger partial charge on any atom is 0.142 e. The summed E-state index contributed by atoms with van der Waals surface area (Å²) in [6.45, 7) is 3.85. The largest absolute Gasteiger partial charge is 0.333 e. The highest BCUT2D eigenvalue weighted by atomic mass is 127. The molecular weight excluding hydrogens is 401 g/mol. The number of fused-ring (bicyclic) bond motifs is 1. The predicted octanol–water partition coefficient (Wildman–Crippen LogP) is 1.51. The van der Waals surface area contributed by atoms with Crippen LogP contribution in [0.3, 0.4) is 0 Å². The summed E-state index contributed by atoms with van der Waals surface area (Å²) >= 11 is 0.0189. The molecule has 0 aromatic carbocycles. The minimum Gasteiger partial charge on any atom is -0.333 e. The first kappa shape index (κ1) is 14.5. The molecule has 0 N–H and O–H groups in total. The van der Waals surface area contributed by atoms with E-state index in [0.29, 0.717) is 0 Å². The van der Waals surface area contributed by atoms with Crippen molar-refractivity contribution < 1.29 is 0 Å². The number of pyridine rings is 1. The Hall–Kier alpha value is -2.09. The van der Waals surface area contributed by atoms with E-state index in [9.17, 15) is 0 Å². The van der Waals surface area contributed by atoms with Crippen LogP contribution >= 0.6 is 20.7 Å². The van der Waals surface area contributed by atoms with Gasteiger partial charge >= 0.3 is 0 Å². The van der Waals surface area contributed by atoms with E-state index in [2.05, 4.69) is 41.7 Å². The Bertz CT molecular complexity index is 983. The molecule has 3 aromatic rings. The zero-order valence-corrected chi connectivity index (χ0v) is 14.9. The lowest BCUT2D eigenvalue weighted by Gasteiger charge is -2.07. The molecule has 1 aliphatic heterocycles. The zero-order valence-electron chi connectivity index (χ0n) is 12.7. The van der Waals surface area contributed by atoms with Crippen molar-refractivity contribution in [2.75, 3.05) is 0 Å². The molecule has 116 valence electrons. The normalized spacial score (nSPS) is 12.9. The number of rotatable bonds is 4. The van der Waals surface area contributed by atoms with Gasteiger partial charge in [-0.25, -0.2) is 9.97 Å². The van der Waals surface area contributed by atoms with Crippen LogP contribution in [0.2, 0.25) is 0 Å². The monoisotopic (exact) mass is 417 g/mol. The fourth-order valence-electron chi connectivity index (χ4n) is 2.74. The molecule has 6 heteroatoms. The van der Waals surface area contributed by atoms with Gasteiger partial charge in [0.05, 0.1) is 23.6 Å². The Balaban J connectivity index is 1.79. The second-order valence-corrected chi connectivity index (χ2v) is 7.36. The summed E-state index contributed by atoms with van der Waals surface area (Å²) in [5.41, 5.74) is 2.22. The van der Waals surface area contributed by atoms with Crippen LogP contribution in [0.25, 0.3) is 21.5 Å². The number of hydrogen-bond acceptors (Lipinski definition) is 3. The van der Waals surface area contributed by atoms with E-state index in [4.69, 9.17) is 4.98 Å². The van der Waals surface area contributed by atoms with Crippen LogP contribution in [0, 0.1) is 0 Å². The number of hydrogen-bond donors (Lipinski definition) is 0. The molecule has 0 amide bonds. The van der Waals surface area contributed by atoms with Crippen LogP contribution in [0.4, 0.5) is 0 Å². The molecule has 0 saturated heterocycles. The molecule has 0 aliphatic carbocycles. The van der Waals surface area contributed by atoms with Crippen molar-refractivity contribution in [2.45, 2.75) is 20.0 Å². The lowest BCUT2D eigenvalue weighted by atomic mass is 10.2. The Kier molecular flexibility index (Phi) is 3.90. The molecule has 0 fully saturated rings. The minimum absolute atomic E-state index is 0.0189. The summed E-state index contributed by atoms with van der Waals surface area (Å²) in [6, 6.07) is 2.17. The molecule has 0 bridgehead atoms. The molecule has 0 saturated carbocycles. The molecule has 5 nitrogen and oxygen atoms in total. The van der Waals surface area contributed by atoms with Gasteiger partial charge in [-0.05, 0) is 32.7 Å². The molecule has 0 unspecified atom stereocenters. The second-order valence-electron chi connectivity index (χ2n) is 5.29. The Labute approximate surface area is 143 Å². The van der Waals surface area contributed by atoms with E-state index < -0.39 is 0 Å². The lowest BCUT2D eigenvalue weighted by Crippen LogP contribution is -2.30. The summed E-state index contributed by atoms with van der Waals surface area (Å²) < 4.78 is 8.93. The van der Waals surface area contributed by atoms with Crippen LogP contribution in [0.15, 0.2) is 37.2 Å². The van der Waals surface area contributed by atoms with Crippen LogP contribution in [0.5, 0.6) is 0 Å². The van der Waals surface area contributed by atoms with Gasteiger partial charge in [0.2, 0.25) is 0 Å². The average molecular weight is 417 g/mol. The van der Waals surface area contributed by atoms with E-state index in [1.165, 1.54) is 5.35 Å². The third-order valence-electron chi connectivity index (χ3n) is 3.79. The summed E-state index contributed by atoms with van der Waals surface area (Å²) in [5, 5.41) is 2.34. The van der Waals surface area contributed by atoms with E-state index in [-0.39, 0.29) is 20.7 Å². The first-order chi connectivity index (χ1) is 11.3. The number of nitrogens with zero attached hydrogens (tertiary/aromatic N) is 5. The summed E-state index contributed by atoms with van der Waals surface area (Å²) in [6.07, 6.45) is 11.5. The van der Waals surface area contributed by atoms with Crippen molar-refractivity contribution in [2.24, 2.45) is 0 Å². The minimum atomic E-state index is 0.0189. The first-order valence-corrected chi connectivity index (χ1v) is 9.96. The molecule has 4 heterocycles. The summed E-state index contributed by atoms with van der Waals surface area (Å²) in [5.74, 6) is 1.00. The van der Waals surface area contributed by atoms with Gasteiger partial charge in [0.15, 0.2) is 0 Å². The third kappa shape index (κ3) is 2.78. The quantitative estimate of drug-likeness (QED) is 0.605. The Morgan fingerprint density at radius 1 is 1.22 bits per heavy atom. The Morgan fingerprint density at radius 2 is 2.17 bits per heavy atom. The van der Waals surface area contributed by atoms with Crippen molar-refractivity contribution in [3.05, 3.63) is 53.4 Å². The standard InChI is InChI=1S/C17H16IN5/c1-2-23-16-8-18-4-3-15(16)21-17(23)14-7-13(9-20-10-14)11-22-6-5-19-12-22/h3-10,12H,2,11H2,1H3. The molecule has 23 heavy (non-hydrogen) atoms. The van der Waals surface area contributed by atoms with Gasteiger partial charge in [0.25, 0.3) is 0 Å². The topological polar surface area (TPSA) is 48.5 Å². The molecule has 0 radical (unpaired) electrons. The Morgan fingerprint density at radius 3 is 3.00 bits per heavy atom. The fourth-order valence-corrected chi connectivity index (χ4v) is 4.49. The van der Waals surface area contributed by atoms with Gasteiger partial charge in [-0.3, -0.25) is 4.98 Å². The molecule has 0 atom stereocenters. The molecule has 1 aliphatic rings. The van der Waals surface area contributed by atoms with Crippen molar-refractivity contribution in [1.82, 2.24) is 24.1 Å². The smallest absolute Gasteiger partial charge is 0.142 e. The van der Waals surface area contributed by atoms with Crippen LogP contribution in [0.1, 0.15) is 12.5 Å². The van der Waals surface area contributed by atoms with Gasteiger partial charge < -0.3 is 9.13 Å². The van der Waals surface area contributed by atoms with E-state index in [1.807, 2.05) is 29.5 Å². The van der Waals surface area contributed by atoms with Crippen LogP contribution in [-0.4, -0.2) is 28.1 Å². The van der Waals surface area contributed by atoms with Gasteiger partial charge in [0, 0.05) is 36.9 Å². The summed E-state index contributed by atoms with van der Waals surface area (Å²) in [4.78, 5) is 13.3. The SMILES string of the molecule is CCn1c(-c2cncc(Cn3ccnc3)c2)nc2c1=CI=CC=2. The highest BCUT2D eigenvalue weighted by Crippen LogP contribution is 2.16. The highest BCUT2D eigenvalue weighted by molar-refractivity contribution is 14.2. The number of halogens is 1. The predicted molar refractivity (Wildman–Crippen MR) is 101 cm³/mol. The average Bonchev–Trinajstić information content (AvgIpc) is 3.22. The van der Waals surface area contributed by atoms with E-state index >= 15 is 0 Å². The summed E-state index contributed by atoms with van der Waals surface area (Å²) in [7, 11) is 0. The highest BCUT2D eigenvalue weighted by Gasteiger charge is 2.11. The lowest BCUT2D eigenvalue weighted by molar-refractivity contribution is 0.748. The fraction of sp³-hybridized carbons (Fsp3) is 0.176. The van der Waals surface area contributed by atoms with E-state index in [0.717, 1.165) is 35.4 Å². The maximum atomic E-state index is 4.83. The first-order valence-electron chi connectivity index (χ1n) is 7.47. The van der Waals surface area contributed by atoms with Crippen molar-refractivity contribution in [1.29, 1.82) is 0 Å². The second kappa shape index (κ2) is 6.19. The number of aromatic nitrogens is 5. The van der Waals surface area contributed by atoms with Gasteiger partial charge in [-0.2, -0.15) is 0 Å². The third-order valence-corrected chi connectivity index (χ3v) is 5.51. The van der Waals surface area contributed by atoms with E-state index in [1.54, 1.807) is 6.20 Å². The molecular formula is C17H16IN5. The van der Waals surface area contributed by atoms with Crippen molar-refractivity contribution >= 4 is 34.9 Å². The van der Waals surface area contributed by atoms with Crippen molar-refractivity contribution in [3.63, 3.8) is 0 Å².